The summed E-state index contributed by atoms with van der Waals surface area (Å²) in [6, 6.07) is 46.6. The maximum atomic E-state index is 9.13. The molecular weight excluding hydrogens is 484 g/mol. The summed E-state index contributed by atoms with van der Waals surface area (Å²) in [5.41, 5.74) is 0. The summed E-state index contributed by atoms with van der Waals surface area (Å²) < 4.78 is 0. The van der Waals surface area contributed by atoms with Crippen molar-refractivity contribution in [2.24, 2.45) is 0 Å². The molecule has 6 rings (SSSR count). The van der Waals surface area contributed by atoms with Crippen molar-refractivity contribution in [3.8, 4) is 11.5 Å². The quantitative estimate of drug-likeness (QED) is 0.204. The molecule has 6 aromatic carbocycles. The largest absolute Gasteiger partial charge is 2.00 e. The molecule has 6 aromatic rings. The molecule has 0 saturated carbocycles. The van der Waals surface area contributed by atoms with E-state index in [-0.39, 0.29) is 26.2 Å². The van der Waals surface area contributed by atoms with Crippen LogP contribution in [-0.4, -0.2) is 10.2 Å². The van der Waals surface area contributed by atoms with Gasteiger partial charge in [-0.15, -0.1) is 0 Å². The van der Waals surface area contributed by atoms with Gasteiger partial charge in [0.05, 0.1) is 0 Å². The van der Waals surface area contributed by atoms with Gasteiger partial charge in [0, 0.05) is 0 Å². The molecule has 0 bridgehead atoms. The first-order valence-electron chi connectivity index (χ1n) is 10.4. The Balaban J connectivity index is 0.000000164. The Morgan fingerprint density at radius 2 is 0.727 bits per heavy atom. The van der Waals surface area contributed by atoms with E-state index in [4.69, 9.17) is 10.2 Å². The number of aromatic hydroxyl groups is 2. The SMILES string of the molecule is Oc1ccc2ccccc2c1.Oc1ccc2ccccc2c1.[Zr+2].c1cc[cH-]c1.c1cc[cH-]c1. The second-order valence-electron chi connectivity index (χ2n) is 6.99. The molecule has 0 atom stereocenters. The third-order valence-corrected chi connectivity index (χ3v) is 4.58. The number of hydrogen-bond acceptors (Lipinski definition) is 2. The van der Waals surface area contributed by atoms with Crippen LogP contribution in [0.1, 0.15) is 0 Å². The van der Waals surface area contributed by atoms with Crippen LogP contribution in [0.5, 0.6) is 11.5 Å². The molecule has 0 radical (unpaired) electrons. The van der Waals surface area contributed by atoms with Gasteiger partial charge in [0.2, 0.25) is 0 Å². The molecule has 0 spiro atoms. The summed E-state index contributed by atoms with van der Waals surface area (Å²) in [5, 5.41) is 22.7. The third-order valence-electron chi connectivity index (χ3n) is 4.58. The van der Waals surface area contributed by atoms with Crippen molar-refractivity contribution < 1.29 is 36.4 Å². The van der Waals surface area contributed by atoms with Crippen LogP contribution in [-0.2, 0) is 26.2 Å². The molecular formula is C30H26O2Zr. The zero-order chi connectivity index (χ0) is 22.4. The first-order valence-corrected chi connectivity index (χ1v) is 10.4. The number of fused-ring (bicyclic) bond motifs is 2. The summed E-state index contributed by atoms with van der Waals surface area (Å²) >= 11 is 0. The molecule has 0 aliphatic carbocycles. The summed E-state index contributed by atoms with van der Waals surface area (Å²) in [6.07, 6.45) is 0. The Hall–Kier alpha value is -3.42. The van der Waals surface area contributed by atoms with Crippen LogP contribution in [0, 0.1) is 0 Å². The Kier molecular flexibility index (Phi) is 11.4. The van der Waals surface area contributed by atoms with Crippen molar-refractivity contribution in [2.45, 2.75) is 0 Å². The van der Waals surface area contributed by atoms with Crippen molar-refractivity contribution in [3.05, 3.63) is 146 Å². The predicted molar refractivity (Wildman–Crippen MR) is 135 cm³/mol. The van der Waals surface area contributed by atoms with Crippen molar-refractivity contribution in [3.63, 3.8) is 0 Å². The fraction of sp³-hybridized carbons (Fsp3) is 0. The molecule has 0 fully saturated rings. The van der Waals surface area contributed by atoms with Gasteiger partial charge in [0.25, 0.3) is 0 Å². The zero-order valence-electron chi connectivity index (χ0n) is 18.3. The van der Waals surface area contributed by atoms with Crippen LogP contribution in [0.2, 0.25) is 0 Å². The summed E-state index contributed by atoms with van der Waals surface area (Å²) in [7, 11) is 0. The van der Waals surface area contributed by atoms with Gasteiger partial charge < -0.3 is 10.2 Å². The van der Waals surface area contributed by atoms with Crippen LogP contribution in [0.3, 0.4) is 0 Å². The molecule has 2 N–H and O–H groups in total. The van der Waals surface area contributed by atoms with E-state index >= 15 is 0 Å². The van der Waals surface area contributed by atoms with E-state index in [1.54, 1.807) is 24.3 Å². The Labute approximate surface area is 214 Å². The fourth-order valence-corrected chi connectivity index (χ4v) is 2.99. The van der Waals surface area contributed by atoms with E-state index in [1.165, 1.54) is 0 Å². The molecule has 0 heterocycles. The molecule has 0 amide bonds. The van der Waals surface area contributed by atoms with Crippen molar-refractivity contribution >= 4 is 21.5 Å². The smallest absolute Gasteiger partial charge is 0.508 e. The molecule has 33 heavy (non-hydrogen) atoms. The van der Waals surface area contributed by atoms with Crippen molar-refractivity contribution in [2.75, 3.05) is 0 Å². The van der Waals surface area contributed by atoms with Crippen LogP contribution in [0.15, 0.2) is 146 Å². The second-order valence-corrected chi connectivity index (χ2v) is 6.99. The van der Waals surface area contributed by atoms with Crippen molar-refractivity contribution in [1.82, 2.24) is 0 Å². The number of phenols is 2. The maximum Gasteiger partial charge on any atom is 2.00 e. The van der Waals surface area contributed by atoms with E-state index in [1.807, 2.05) is 121 Å². The maximum absolute atomic E-state index is 9.13. The molecule has 0 aliphatic heterocycles. The Bertz CT molecular complexity index is 1150. The van der Waals surface area contributed by atoms with Crippen molar-refractivity contribution in [1.29, 1.82) is 0 Å². The Morgan fingerprint density at radius 3 is 1.03 bits per heavy atom. The van der Waals surface area contributed by atoms with Gasteiger partial charge in [-0.2, -0.15) is 36.4 Å². The first-order chi connectivity index (χ1) is 15.7. The molecule has 0 unspecified atom stereocenters. The first kappa shape index (κ1) is 25.8. The molecule has 162 valence electrons. The van der Waals surface area contributed by atoms with E-state index < -0.39 is 0 Å². The average molecular weight is 510 g/mol. The van der Waals surface area contributed by atoms with Gasteiger partial charge in [-0.25, -0.2) is 24.3 Å². The van der Waals surface area contributed by atoms with E-state index in [0.29, 0.717) is 11.5 Å². The number of phenolic OH excluding ortho intramolecular Hbond substituents is 2. The van der Waals surface area contributed by atoms with Crippen LogP contribution in [0.25, 0.3) is 21.5 Å². The van der Waals surface area contributed by atoms with E-state index in [0.717, 1.165) is 21.5 Å². The van der Waals surface area contributed by atoms with Gasteiger partial charge in [0.15, 0.2) is 0 Å². The van der Waals surface area contributed by atoms with Crippen LogP contribution in [0.4, 0.5) is 0 Å². The second kappa shape index (κ2) is 14.6. The van der Waals surface area contributed by atoms with Gasteiger partial charge in [-0.1, -0.05) is 60.7 Å². The van der Waals surface area contributed by atoms with Gasteiger partial charge in [-0.05, 0) is 45.8 Å². The number of benzene rings is 4. The minimum Gasteiger partial charge on any atom is -0.508 e. The molecule has 0 aromatic heterocycles. The fourth-order valence-electron chi connectivity index (χ4n) is 2.99. The third kappa shape index (κ3) is 9.31. The standard InChI is InChI=1S/2C10H8O.2C5H5.Zr/c2*11-10-6-5-8-3-1-2-4-9(8)7-10;2*1-2-4-5-3-1;/h2*1-7,11H;2*1-5H;/q;;2*-1;+2. The zero-order valence-corrected chi connectivity index (χ0v) is 20.7. The summed E-state index contributed by atoms with van der Waals surface area (Å²) in [6.45, 7) is 0. The van der Waals surface area contributed by atoms with Gasteiger partial charge >= 0.3 is 26.2 Å². The average Bonchev–Trinajstić information content (AvgIpc) is 3.59. The topological polar surface area (TPSA) is 40.5 Å². The molecule has 2 nitrogen and oxygen atoms in total. The minimum absolute atomic E-state index is 0. The molecule has 3 heteroatoms. The normalized spacial score (nSPS) is 9.21. The van der Waals surface area contributed by atoms with E-state index in [9.17, 15) is 0 Å². The predicted octanol–water partition coefficient (Wildman–Crippen LogP) is 7.90. The van der Waals surface area contributed by atoms with Gasteiger partial charge in [0.1, 0.15) is 11.5 Å². The van der Waals surface area contributed by atoms with E-state index in [2.05, 4.69) is 0 Å². The minimum atomic E-state index is 0. The number of rotatable bonds is 0. The monoisotopic (exact) mass is 508 g/mol. The molecule has 0 saturated heterocycles. The Morgan fingerprint density at radius 1 is 0.394 bits per heavy atom. The van der Waals surface area contributed by atoms with Crippen LogP contribution >= 0.6 is 0 Å². The summed E-state index contributed by atoms with van der Waals surface area (Å²) in [4.78, 5) is 0. The number of hydrogen-bond donors (Lipinski definition) is 2. The summed E-state index contributed by atoms with van der Waals surface area (Å²) in [5.74, 6) is 0.646. The van der Waals surface area contributed by atoms with Crippen LogP contribution < -0.4 is 0 Å². The molecule has 0 aliphatic rings. The van der Waals surface area contributed by atoms with Gasteiger partial charge in [-0.3, -0.25) is 0 Å².